The molecule has 0 radical (unpaired) electrons. The summed E-state index contributed by atoms with van der Waals surface area (Å²) in [5.41, 5.74) is 6.19. The normalized spacial score (nSPS) is 11.8. The van der Waals surface area contributed by atoms with Crippen molar-refractivity contribution in [2.45, 2.75) is 52.2 Å². The highest BCUT2D eigenvalue weighted by Gasteiger charge is 2.23. The summed E-state index contributed by atoms with van der Waals surface area (Å²) in [5, 5.41) is 8.16. The van der Waals surface area contributed by atoms with Crippen molar-refractivity contribution in [3.63, 3.8) is 0 Å². The summed E-state index contributed by atoms with van der Waals surface area (Å²) in [5.74, 6) is 0. The summed E-state index contributed by atoms with van der Waals surface area (Å²) in [6.07, 6.45) is 2.64. The molecule has 0 bridgehead atoms. The maximum absolute atomic E-state index is 13.1. The molecule has 0 aliphatic carbocycles. The number of hydrogen-bond donors (Lipinski definition) is 2. The second-order valence-electron chi connectivity index (χ2n) is 9.30. The molecule has 1 amide bonds. The number of nitrogens with one attached hydrogen (secondary N) is 1. The summed E-state index contributed by atoms with van der Waals surface area (Å²) in [6.45, 7) is 9.50. The number of hydrogen-bond acceptors (Lipinski definition) is 4. The molecule has 5 heteroatoms. The fourth-order valence-corrected chi connectivity index (χ4v) is 3.94. The van der Waals surface area contributed by atoms with E-state index in [4.69, 9.17) is 10.5 Å². The van der Waals surface area contributed by atoms with Crippen LogP contribution in [-0.2, 0) is 11.3 Å². The summed E-state index contributed by atoms with van der Waals surface area (Å²) in [7, 11) is 0. The quantitative estimate of drug-likeness (QED) is 0.328. The average molecular weight is 436 g/mol. The van der Waals surface area contributed by atoms with Gasteiger partial charge in [0.1, 0.15) is 5.60 Å². The molecule has 0 aromatic heterocycles. The molecular formula is C27H37N3O2. The molecule has 3 aromatic carbocycles. The predicted octanol–water partition coefficient (Wildman–Crippen LogP) is 5.45. The topological polar surface area (TPSA) is 67.6 Å². The lowest BCUT2D eigenvalue weighted by Gasteiger charge is -2.28. The Bertz CT molecular complexity index is 972. The molecule has 3 aromatic rings. The first-order valence-corrected chi connectivity index (χ1v) is 11.7. The van der Waals surface area contributed by atoms with Crippen molar-refractivity contribution in [3.05, 3.63) is 60.2 Å². The first-order chi connectivity index (χ1) is 15.4. The van der Waals surface area contributed by atoms with E-state index in [1.165, 1.54) is 27.1 Å². The summed E-state index contributed by atoms with van der Waals surface area (Å²) in [6, 6.07) is 19.0. The van der Waals surface area contributed by atoms with Crippen LogP contribution in [0.1, 0.15) is 45.6 Å². The minimum Gasteiger partial charge on any atom is -0.444 e. The van der Waals surface area contributed by atoms with Gasteiger partial charge in [-0.3, -0.25) is 0 Å². The van der Waals surface area contributed by atoms with Gasteiger partial charge < -0.3 is 20.7 Å². The van der Waals surface area contributed by atoms with Crippen molar-refractivity contribution in [2.24, 2.45) is 5.73 Å². The lowest BCUT2D eigenvalue weighted by Crippen LogP contribution is -2.37. The van der Waals surface area contributed by atoms with Gasteiger partial charge in [0.25, 0.3) is 0 Å². The first kappa shape index (κ1) is 24.0. The minimum atomic E-state index is -0.528. The number of benzene rings is 3. The third-order valence-corrected chi connectivity index (χ3v) is 5.47. The van der Waals surface area contributed by atoms with E-state index in [9.17, 15) is 4.79 Å². The van der Waals surface area contributed by atoms with Gasteiger partial charge in [-0.15, -0.1) is 0 Å². The Labute approximate surface area is 191 Å². The molecule has 0 aliphatic heterocycles. The predicted molar refractivity (Wildman–Crippen MR) is 134 cm³/mol. The van der Waals surface area contributed by atoms with Crippen LogP contribution in [0, 0.1) is 0 Å². The number of nitrogens with two attached hydrogens (primary N) is 1. The highest BCUT2D eigenvalue weighted by atomic mass is 16.6. The maximum Gasteiger partial charge on any atom is 0.410 e. The molecule has 0 saturated heterocycles. The largest absolute Gasteiger partial charge is 0.444 e. The van der Waals surface area contributed by atoms with E-state index in [2.05, 4.69) is 59.9 Å². The Morgan fingerprint density at radius 3 is 2.12 bits per heavy atom. The van der Waals surface area contributed by atoms with E-state index >= 15 is 0 Å². The molecule has 0 atom stereocenters. The van der Waals surface area contributed by atoms with E-state index in [0.29, 0.717) is 19.6 Å². The Kier molecular flexibility index (Phi) is 8.48. The molecule has 5 nitrogen and oxygen atoms in total. The second kappa shape index (κ2) is 11.3. The molecule has 3 rings (SSSR count). The van der Waals surface area contributed by atoms with Crippen LogP contribution in [0.3, 0.4) is 0 Å². The summed E-state index contributed by atoms with van der Waals surface area (Å²) >= 11 is 0. The number of fused-ring (bicyclic) bond motifs is 2. The lowest BCUT2D eigenvalue weighted by atomic mass is 9.96. The zero-order chi connectivity index (χ0) is 23.0. The standard InChI is InChI=1S/C27H37N3O2/c1-27(2,3)32-26(31)30(18-9-8-16-29-17-10-15-28)20-25-23-13-6-4-11-21(23)19-22-12-5-7-14-24(22)25/h4-7,11-14,19,29H,8-10,15-18,20,28H2,1-3H3. The van der Waals surface area contributed by atoms with Crippen molar-refractivity contribution in [1.82, 2.24) is 10.2 Å². The molecule has 0 unspecified atom stereocenters. The van der Waals surface area contributed by atoms with Gasteiger partial charge in [-0.05, 0) is 92.8 Å². The van der Waals surface area contributed by atoms with Crippen LogP contribution >= 0.6 is 0 Å². The van der Waals surface area contributed by atoms with Gasteiger partial charge in [0.2, 0.25) is 0 Å². The van der Waals surface area contributed by atoms with Crippen LogP contribution in [0.5, 0.6) is 0 Å². The van der Waals surface area contributed by atoms with Crippen molar-refractivity contribution >= 4 is 27.6 Å². The number of unbranched alkanes of at least 4 members (excludes halogenated alkanes) is 1. The SMILES string of the molecule is CC(C)(C)OC(=O)N(CCCCNCCCN)Cc1c2ccccc2cc2ccccc12. The number of carbonyl (C=O) groups is 1. The molecule has 0 heterocycles. The number of amides is 1. The van der Waals surface area contributed by atoms with Crippen LogP contribution in [0.2, 0.25) is 0 Å². The zero-order valence-corrected chi connectivity index (χ0v) is 19.7. The number of rotatable bonds is 10. The van der Waals surface area contributed by atoms with Crippen molar-refractivity contribution in [3.8, 4) is 0 Å². The second-order valence-corrected chi connectivity index (χ2v) is 9.30. The number of nitrogens with zero attached hydrogens (tertiary/aromatic N) is 1. The van der Waals surface area contributed by atoms with Gasteiger partial charge in [-0.1, -0.05) is 48.5 Å². The highest BCUT2D eigenvalue weighted by molar-refractivity contribution is 6.02. The van der Waals surface area contributed by atoms with E-state index < -0.39 is 5.60 Å². The zero-order valence-electron chi connectivity index (χ0n) is 19.7. The summed E-state index contributed by atoms with van der Waals surface area (Å²) in [4.78, 5) is 15.0. The van der Waals surface area contributed by atoms with Crippen LogP contribution < -0.4 is 11.1 Å². The van der Waals surface area contributed by atoms with Gasteiger partial charge >= 0.3 is 6.09 Å². The molecule has 0 fully saturated rings. The molecule has 0 saturated carbocycles. The van der Waals surface area contributed by atoms with Gasteiger partial charge in [-0.2, -0.15) is 0 Å². The molecule has 172 valence electrons. The van der Waals surface area contributed by atoms with Gasteiger partial charge in [0.15, 0.2) is 0 Å². The fraction of sp³-hybridized carbons (Fsp3) is 0.444. The molecule has 3 N–H and O–H groups in total. The van der Waals surface area contributed by atoms with E-state index in [-0.39, 0.29) is 6.09 Å². The van der Waals surface area contributed by atoms with Gasteiger partial charge in [0.05, 0.1) is 6.54 Å². The van der Waals surface area contributed by atoms with Crippen LogP contribution in [0.25, 0.3) is 21.5 Å². The Morgan fingerprint density at radius 2 is 1.53 bits per heavy atom. The monoisotopic (exact) mass is 435 g/mol. The number of carbonyl (C=O) groups excluding carboxylic acids is 1. The third kappa shape index (κ3) is 6.68. The highest BCUT2D eigenvalue weighted by Crippen LogP contribution is 2.30. The average Bonchev–Trinajstić information content (AvgIpc) is 2.76. The van der Waals surface area contributed by atoms with Crippen LogP contribution in [0.15, 0.2) is 54.6 Å². The molecule has 0 spiro atoms. The van der Waals surface area contributed by atoms with Crippen molar-refractivity contribution in [1.29, 1.82) is 0 Å². The Hall–Kier alpha value is -2.63. The maximum atomic E-state index is 13.1. The van der Waals surface area contributed by atoms with Crippen LogP contribution in [-0.4, -0.2) is 42.8 Å². The van der Waals surface area contributed by atoms with Crippen LogP contribution in [0.4, 0.5) is 4.79 Å². The van der Waals surface area contributed by atoms with Gasteiger partial charge in [-0.25, -0.2) is 4.79 Å². The van der Waals surface area contributed by atoms with Gasteiger partial charge in [0, 0.05) is 6.54 Å². The van der Waals surface area contributed by atoms with E-state index in [1.54, 1.807) is 0 Å². The Morgan fingerprint density at radius 1 is 0.938 bits per heavy atom. The minimum absolute atomic E-state index is 0.259. The first-order valence-electron chi connectivity index (χ1n) is 11.7. The van der Waals surface area contributed by atoms with Crippen molar-refractivity contribution < 1.29 is 9.53 Å². The van der Waals surface area contributed by atoms with E-state index in [1.807, 2.05) is 25.7 Å². The third-order valence-electron chi connectivity index (χ3n) is 5.47. The molecular weight excluding hydrogens is 398 g/mol. The Balaban J connectivity index is 1.83. The lowest BCUT2D eigenvalue weighted by molar-refractivity contribution is 0.0232. The summed E-state index contributed by atoms with van der Waals surface area (Å²) < 4.78 is 5.76. The number of ether oxygens (including phenoxy) is 1. The molecule has 32 heavy (non-hydrogen) atoms. The van der Waals surface area contributed by atoms with E-state index in [0.717, 1.165) is 32.4 Å². The fourth-order valence-electron chi connectivity index (χ4n) is 3.94. The smallest absolute Gasteiger partial charge is 0.410 e. The van der Waals surface area contributed by atoms with Crippen molar-refractivity contribution in [2.75, 3.05) is 26.2 Å². The molecule has 0 aliphatic rings.